The first-order valence-corrected chi connectivity index (χ1v) is 11.0. The van der Waals surface area contributed by atoms with Crippen molar-refractivity contribution in [2.24, 2.45) is 0 Å². The first-order valence-electron chi connectivity index (χ1n) is 11.0. The number of rotatable bonds is 5. The maximum atomic E-state index is 14.0. The summed E-state index contributed by atoms with van der Waals surface area (Å²) < 4.78 is 19.6. The number of hydrogen-bond donors (Lipinski definition) is 2. The topological polar surface area (TPSA) is 105 Å². The maximum Gasteiger partial charge on any atom is 0.410 e. The number of aliphatic carboxylic acids is 1. The normalized spacial score (nSPS) is 18.2. The van der Waals surface area contributed by atoms with Gasteiger partial charge in [-0.15, -0.1) is 0 Å². The summed E-state index contributed by atoms with van der Waals surface area (Å²) >= 11 is 0. The van der Waals surface area contributed by atoms with E-state index in [4.69, 9.17) is 4.74 Å². The van der Waals surface area contributed by atoms with Crippen LogP contribution < -0.4 is 5.32 Å². The molecule has 34 heavy (non-hydrogen) atoms. The van der Waals surface area contributed by atoms with Crippen molar-refractivity contribution in [3.8, 4) is 0 Å². The van der Waals surface area contributed by atoms with Crippen LogP contribution in [0.4, 0.5) is 15.0 Å². The molecule has 1 saturated heterocycles. The molecule has 1 aliphatic rings. The molecular weight excluding hydrogens is 439 g/mol. The van der Waals surface area contributed by atoms with Crippen LogP contribution in [0.1, 0.15) is 37.8 Å². The Hall–Kier alpha value is -3.75. The second kappa shape index (κ2) is 9.24. The van der Waals surface area contributed by atoms with Crippen molar-refractivity contribution in [1.82, 2.24) is 14.9 Å². The minimum absolute atomic E-state index is 0.157. The van der Waals surface area contributed by atoms with Gasteiger partial charge in [-0.2, -0.15) is 0 Å². The molecule has 4 rings (SSSR count). The van der Waals surface area contributed by atoms with E-state index in [0.29, 0.717) is 35.4 Å². The maximum absolute atomic E-state index is 14.0. The number of nitrogens with one attached hydrogen (secondary N) is 1. The van der Waals surface area contributed by atoms with Gasteiger partial charge in [0.05, 0.1) is 18.0 Å². The van der Waals surface area contributed by atoms with Crippen LogP contribution in [0.5, 0.6) is 0 Å². The Morgan fingerprint density at radius 2 is 1.94 bits per heavy atom. The zero-order chi connectivity index (χ0) is 24.5. The number of fused-ring (bicyclic) bond motifs is 1. The van der Waals surface area contributed by atoms with Crippen molar-refractivity contribution >= 4 is 28.8 Å². The van der Waals surface area contributed by atoms with Crippen molar-refractivity contribution in [1.29, 1.82) is 0 Å². The minimum atomic E-state index is -0.949. The number of carboxylic acid groups (broad SMARTS) is 1. The molecule has 0 spiro atoms. The average molecular weight is 467 g/mol. The molecule has 1 aromatic heterocycles. The van der Waals surface area contributed by atoms with Crippen LogP contribution in [0.25, 0.3) is 10.9 Å². The molecule has 0 saturated carbocycles. The summed E-state index contributed by atoms with van der Waals surface area (Å²) in [6.07, 6.45) is 0.790. The number of anilines is 1. The van der Waals surface area contributed by atoms with Gasteiger partial charge in [0.25, 0.3) is 0 Å². The molecule has 178 valence electrons. The molecule has 2 atom stereocenters. The Balaban J connectivity index is 1.67. The highest BCUT2D eigenvalue weighted by Crippen LogP contribution is 2.33. The van der Waals surface area contributed by atoms with E-state index in [9.17, 15) is 19.1 Å². The predicted molar refractivity (Wildman–Crippen MR) is 125 cm³/mol. The van der Waals surface area contributed by atoms with E-state index in [-0.39, 0.29) is 24.2 Å². The number of benzene rings is 2. The number of nitrogens with zero attached hydrogens (tertiary/aromatic N) is 3. The largest absolute Gasteiger partial charge is 0.481 e. The van der Waals surface area contributed by atoms with E-state index in [1.54, 1.807) is 23.1 Å². The predicted octanol–water partition coefficient (Wildman–Crippen LogP) is 4.21. The summed E-state index contributed by atoms with van der Waals surface area (Å²) in [7, 11) is 0. The summed E-state index contributed by atoms with van der Waals surface area (Å²) in [5.41, 5.74) is 1.25. The third-order valence-corrected chi connectivity index (χ3v) is 5.66. The zero-order valence-corrected chi connectivity index (χ0v) is 19.3. The number of hydrogen-bond acceptors (Lipinski definition) is 6. The number of carbonyl (C=O) groups excluding carboxylic acids is 1. The van der Waals surface area contributed by atoms with Crippen molar-refractivity contribution in [2.45, 2.75) is 44.8 Å². The lowest BCUT2D eigenvalue weighted by molar-refractivity contribution is -0.136. The van der Waals surface area contributed by atoms with E-state index < -0.39 is 17.7 Å². The van der Waals surface area contributed by atoms with Crippen LogP contribution in [0.15, 0.2) is 48.8 Å². The highest BCUT2D eigenvalue weighted by molar-refractivity contribution is 5.92. The molecule has 2 unspecified atom stereocenters. The van der Waals surface area contributed by atoms with Gasteiger partial charge in [-0.25, -0.2) is 19.2 Å². The van der Waals surface area contributed by atoms with Gasteiger partial charge in [-0.3, -0.25) is 4.79 Å². The van der Waals surface area contributed by atoms with E-state index in [2.05, 4.69) is 15.3 Å². The number of likely N-dealkylation sites (tertiary alicyclic amines) is 1. The number of ether oxygens (including phenoxy) is 1. The SMILES string of the molecule is CC(C)(C)OC(=O)N1CC(Nc2ncnc3c(CC(=O)O)cccc23)C(c2cccc(F)c2)C1. The van der Waals surface area contributed by atoms with Crippen molar-refractivity contribution in [2.75, 3.05) is 18.4 Å². The van der Waals surface area contributed by atoms with Gasteiger partial charge in [0, 0.05) is 24.4 Å². The lowest BCUT2D eigenvalue weighted by Crippen LogP contribution is -2.36. The van der Waals surface area contributed by atoms with Gasteiger partial charge in [0.15, 0.2) is 0 Å². The Bertz CT molecular complexity index is 1230. The Morgan fingerprint density at radius 3 is 2.65 bits per heavy atom. The van der Waals surface area contributed by atoms with Gasteiger partial charge in [0.2, 0.25) is 0 Å². The third-order valence-electron chi connectivity index (χ3n) is 5.66. The van der Waals surface area contributed by atoms with Crippen LogP contribution >= 0.6 is 0 Å². The Labute approximate surface area is 196 Å². The molecular formula is C25H27FN4O4. The first kappa shape index (κ1) is 23.4. The van der Waals surface area contributed by atoms with Crippen molar-refractivity contribution < 1.29 is 23.8 Å². The number of amides is 1. The standard InChI is InChI=1S/C25H27FN4O4/c1-25(2,3)34-24(33)30-12-19(15-6-4-8-17(26)10-15)20(13-30)29-23-18-9-5-7-16(11-21(31)32)22(18)27-14-28-23/h4-10,14,19-20H,11-13H2,1-3H3,(H,31,32)(H,27,28,29). The van der Waals surface area contributed by atoms with Gasteiger partial charge in [-0.1, -0.05) is 24.3 Å². The monoisotopic (exact) mass is 466 g/mol. The molecule has 2 aromatic carbocycles. The molecule has 1 amide bonds. The highest BCUT2D eigenvalue weighted by atomic mass is 19.1. The number of carboxylic acids is 1. The fourth-order valence-corrected chi connectivity index (χ4v) is 4.25. The molecule has 0 radical (unpaired) electrons. The van der Waals surface area contributed by atoms with E-state index in [1.165, 1.54) is 18.5 Å². The van der Waals surface area contributed by atoms with Crippen molar-refractivity contribution in [3.63, 3.8) is 0 Å². The molecule has 3 aromatic rings. The Morgan fingerprint density at radius 1 is 1.18 bits per heavy atom. The fourth-order valence-electron chi connectivity index (χ4n) is 4.25. The second-order valence-corrected chi connectivity index (χ2v) is 9.40. The van der Waals surface area contributed by atoms with Crippen LogP contribution in [0, 0.1) is 5.82 Å². The number of para-hydroxylation sites is 1. The molecule has 2 heterocycles. The number of aromatic nitrogens is 2. The molecule has 2 N–H and O–H groups in total. The quantitative estimate of drug-likeness (QED) is 0.580. The third kappa shape index (κ3) is 5.24. The molecule has 1 fully saturated rings. The van der Waals surface area contributed by atoms with Gasteiger partial charge >= 0.3 is 12.1 Å². The van der Waals surface area contributed by atoms with E-state index in [1.807, 2.05) is 32.9 Å². The van der Waals surface area contributed by atoms with Gasteiger partial charge < -0.3 is 20.1 Å². The molecule has 9 heteroatoms. The molecule has 0 aliphatic carbocycles. The summed E-state index contributed by atoms with van der Waals surface area (Å²) in [5, 5.41) is 13.3. The van der Waals surface area contributed by atoms with Gasteiger partial charge in [-0.05, 0) is 50.1 Å². The average Bonchev–Trinajstić information content (AvgIpc) is 3.17. The summed E-state index contributed by atoms with van der Waals surface area (Å²) in [4.78, 5) is 34.3. The Kier molecular flexibility index (Phi) is 6.37. The smallest absolute Gasteiger partial charge is 0.410 e. The van der Waals surface area contributed by atoms with Crippen LogP contribution in [0.3, 0.4) is 0 Å². The highest BCUT2D eigenvalue weighted by Gasteiger charge is 2.38. The van der Waals surface area contributed by atoms with E-state index >= 15 is 0 Å². The minimum Gasteiger partial charge on any atom is -0.481 e. The molecule has 0 bridgehead atoms. The van der Waals surface area contributed by atoms with E-state index in [0.717, 1.165) is 5.56 Å². The van der Waals surface area contributed by atoms with Crippen LogP contribution in [-0.4, -0.2) is 56.8 Å². The molecule has 8 nitrogen and oxygen atoms in total. The lowest BCUT2D eigenvalue weighted by Gasteiger charge is -2.24. The zero-order valence-electron chi connectivity index (χ0n) is 19.3. The summed E-state index contributed by atoms with van der Waals surface area (Å²) in [6, 6.07) is 11.4. The second-order valence-electron chi connectivity index (χ2n) is 9.40. The summed E-state index contributed by atoms with van der Waals surface area (Å²) in [6.45, 7) is 6.10. The lowest BCUT2D eigenvalue weighted by atomic mass is 9.94. The van der Waals surface area contributed by atoms with Crippen LogP contribution in [-0.2, 0) is 16.0 Å². The number of carbonyl (C=O) groups is 2. The van der Waals surface area contributed by atoms with Crippen molar-refractivity contribution in [3.05, 3.63) is 65.7 Å². The first-order chi connectivity index (χ1) is 16.1. The number of halogens is 1. The molecule has 1 aliphatic heterocycles. The summed E-state index contributed by atoms with van der Waals surface area (Å²) in [5.74, 6) is -0.988. The van der Waals surface area contributed by atoms with Crippen LogP contribution in [0.2, 0.25) is 0 Å². The fraction of sp³-hybridized carbons (Fsp3) is 0.360. The van der Waals surface area contributed by atoms with Gasteiger partial charge in [0.1, 0.15) is 23.6 Å².